The Balaban J connectivity index is 2.15. The standard InChI is InChI=1S/C10H16ClN3/c11-10-9(7-3-1-2-4-7)13-8(14-10)5-6-12/h7H,1-6,12H2,(H,13,14). The molecule has 0 bridgehead atoms. The molecule has 0 amide bonds. The number of rotatable bonds is 3. The summed E-state index contributed by atoms with van der Waals surface area (Å²) in [4.78, 5) is 7.58. The fraction of sp³-hybridized carbons (Fsp3) is 0.700. The number of hydrogen-bond donors (Lipinski definition) is 2. The summed E-state index contributed by atoms with van der Waals surface area (Å²) in [6, 6.07) is 0. The first-order chi connectivity index (χ1) is 6.81. The van der Waals surface area contributed by atoms with Crippen LogP contribution in [0.2, 0.25) is 5.15 Å². The monoisotopic (exact) mass is 213 g/mol. The molecular formula is C10H16ClN3. The normalized spacial score (nSPS) is 17.9. The van der Waals surface area contributed by atoms with E-state index >= 15 is 0 Å². The van der Waals surface area contributed by atoms with E-state index in [-0.39, 0.29) is 0 Å². The predicted octanol–water partition coefficient (Wildman–Crippen LogP) is 2.22. The lowest BCUT2D eigenvalue weighted by atomic mass is 10.1. The topological polar surface area (TPSA) is 54.7 Å². The van der Waals surface area contributed by atoms with E-state index in [0.29, 0.717) is 17.6 Å². The van der Waals surface area contributed by atoms with Crippen LogP contribution in [0.5, 0.6) is 0 Å². The van der Waals surface area contributed by atoms with Crippen LogP contribution < -0.4 is 5.73 Å². The molecule has 0 spiro atoms. The van der Waals surface area contributed by atoms with Crippen LogP contribution in [0.25, 0.3) is 0 Å². The maximum atomic E-state index is 6.08. The molecule has 1 saturated carbocycles. The fourth-order valence-corrected chi connectivity index (χ4v) is 2.46. The third kappa shape index (κ3) is 1.93. The van der Waals surface area contributed by atoms with E-state index in [1.165, 1.54) is 25.7 Å². The van der Waals surface area contributed by atoms with Crippen molar-refractivity contribution in [2.75, 3.05) is 6.54 Å². The highest BCUT2D eigenvalue weighted by atomic mass is 35.5. The summed E-state index contributed by atoms with van der Waals surface area (Å²) in [5, 5.41) is 0.653. The van der Waals surface area contributed by atoms with E-state index in [4.69, 9.17) is 17.3 Å². The first-order valence-corrected chi connectivity index (χ1v) is 5.63. The van der Waals surface area contributed by atoms with Crippen molar-refractivity contribution in [3.63, 3.8) is 0 Å². The van der Waals surface area contributed by atoms with E-state index < -0.39 is 0 Å². The molecule has 1 aromatic heterocycles. The number of nitrogens with one attached hydrogen (secondary N) is 1. The molecule has 1 heterocycles. The van der Waals surface area contributed by atoms with Gasteiger partial charge in [0.25, 0.3) is 0 Å². The van der Waals surface area contributed by atoms with Crippen molar-refractivity contribution >= 4 is 11.6 Å². The first-order valence-electron chi connectivity index (χ1n) is 5.25. The SMILES string of the molecule is NCCc1nc(Cl)c(C2CCCC2)[nH]1. The van der Waals surface area contributed by atoms with Crippen LogP contribution in [-0.2, 0) is 6.42 Å². The molecule has 0 aromatic carbocycles. The number of H-pyrrole nitrogens is 1. The Morgan fingerprint density at radius 2 is 2.14 bits per heavy atom. The Labute approximate surface area is 89.1 Å². The zero-order valence-electron chi connectivity index (χ0n) is 8.22. The number of imidazole rings is 1. The van der Waals surface area contributed by atoms with Crippen molar-refractivity contribution in [1.29, 1.82) is 0 Å². The minimum absolute atomic E-state index is 0.599. The van der Waals surface area contributed by atoms with E-state index in [1.807, 2.05) is 0 Å². The maximum Gasteiger partial charge on any atom is 0.150 e. The van der Waals surface area contributed by atoms with Crippen molar-refractivity contribution < 1.29 is 0 Å². The molecule has 4 heteroatoms. The molecule has 1 aromatic rings. The minimum atomic E-state index is 0.599. The Morgan fingerprint density at radius 3 is 2.79 bits per heavy atom. The van der Waals surface area contributed by atoms with E-state index in [0.717, 1.165) is 17.9 Å². The van der Waals surface area contributed by atoms with Gasteiger partial charge in [-0.25, -0.2) is 4.98 Å². The van der Waals surface area contributed by atoms with Gasteiger partial charge >= 0.3 is 0 Å². The van der Waals surface area contributed by atoms with E-state index in [9.17, 15) is 0 Å². The quantitative estimate of drug-likeness (QED) is 0.809. The van der Waals surface area contributed by atoms with Crippen LogP contribution in [-0.4, -0.2) is 16.5 Å². The third-order valence-electron chi connectivity index (χ3n) is 2.88. The second-order valence-electron chi connectivity index (χ2n) is 3.91. The van der Waals surface area contributed by atoms with Crippen molar-refractivity contribution in [2.24, 2.45) is 5.73 Å². The van der Waals surface area contributed by atoms with Gasteiger partial charge in [0.05, 0.1) is 5.69 Å². The molecule has 78 valence electrons. The van der Waals surface area contributed by atoms with Gasteiger partial charge in [0.1, 0.15) is 5.82 Å². The molecular weight excluding hydrogens is 198 g/mol. The van der Waals surface area contributed by atoms with Gasteiger partial charge in [0.2, 0.25) is 0 Å². The summed E-state index contributed by atoms with van der Waals surface area (Å²) >= 11 is 6.08. The van der Waals surface area contributed by atoms with Crippen molar-refractivity contribution in [1.82, 2.24) is 9.97 Å². The molecule has 3 N–H and O–H groups in total. The third-order valence-corrected chi connectivity index (χ3v) is 3.17. The van der Waals surface area contributed by atoms with Gasteiger partial charge in [-0.3, -0.25) is 0 Å². The zero-order valence-corrected chi connectivity index (χ0v) is 8.98. The van der Waals surface area contributed by atoms with Crippen LogP contribution in [0.3, 0.4) is 0 Å². The largest absolute Gasteiger partial charge is 0.344 e. The lowest BCUT2D eigenvalue weighted by Crippen LogP contribution is -2.04. The van der Waals surface area contributed by atoms with Crippen molar-refractivity contribution in [3.8, 4) is 0 Å². The van der Waals surface area contributed by atoms with Crippen LogP contribution in [0.15, 0.2) is 0 Å². The molecule has 3 nitrogen and oxygen atoms in total. The highest BCUT2D eigenvalue weighted by molar-refractivity contribution is 6.30. The average Bonchev–Trinajstić information content (AvgIpc) is 2.74. The molecule has 14 heavy (non-hydrogen) atoms. The van der Waals surface area contributed by atoms with Gasteiger partial charge in [0, 0.05) is 12.3 Å². The molecule has 0 radical (unpaired) electrons. The molecule has 1 aliphatic rings. The highest BCUT2D eigenvalue weighted by Crippen LogP contribution is 2.36. The number of hydrogen-bond acceptors (Lipinski definition) is 2. The Morgan fingerprint density at radius 1 is 1.43 bits per heavy atom. The predicted molar refractivity (Wildman–Crippen MR) is 57.6 cm³/mol. The van der Waals surface area contributed by atoms with Gasteiger partial charge in [-0.2, -0.15) is 0 Å². The number of nitrogens with two attached hydrogens (primary N) is 1. The molecule has 0 saturated heterocycles. The lowest BCUT2D eigenvalue weighted by Gasteiger charge is -2.05. The Hall–Kier alpha value is -0.540. The van der Waals surface area contributed by atoms with Gasteiger partial charge in [0.15, 0.2) is 5.15 Å². The summed E-state index contributed by atoms with van der Waals surface area (Å²) in [5.74, 6) is 1.53. The summed E-state index contributed by atoms with van der Waals surface area (Å²) in [7, 11) is 0. The van der Waals surface area contributed by atoms with Crippen molar-refractivity contribution in [2.45, 2.75) is 38.0 Å². The molecule has 0 atom stereocenters. The molecule has 1 fully saturated rings. The molecule has 2 rings (SSSR count). The summed E-state index contributed by atoms with van der Waals surface area (Å²) in [5.41, 5.74) is 6.60. The van der Waals surface area contributed by atoms with Crippen LogP contribution in [0.4, 0.5) is 0 Å². The average molecular weight is 214 g/mol. The zero-order chi connectivity index (χ0) is 9.97. The lowest BCUT2D eigenvalue weighted by molar-refractivity contribution is 0.699. The van der Waals surface area contributed by atoms with Gasteiger partial charge in [-0.05, 0) is 19.4 Å². The minimum Gasteiger partial charge on any atom is -0.344 e. The first kappa shape index (κ1) is 9.99. The van der Waals surface area contributed by atoms with Crippen molar-refractivity contribution in [3.05, 3.63) is 16.7 Å². The van der Waals surface area contributed by atoms with E-state index in [2.05, 4.69) is 9.97 Å². The number of nitrogens with zero attached hydrogens (tertiary/aromatic N) is 1. The van der Waals surface area contributed by atoms with E-state index in [1.54, 1.807) is 0 Å². The van der Waals surface area contributed by atoms with Crippen LogP contribution in [0, 0.1) is 0 Å². The van der Waals surface area contributed by atoms with Gasteiger partial charge in [-0.15, -0.1) is 0 Å². The van der Waals surface area contributed by atoms with Gasteiger partial charge in [-0.1, -0.05) is 24.4 Å². The highest BCUT2D eigenvalue weighted by Gasteiger charge is 2.22. The Bertz CT molecular complexity index is 302. The second-order valence-corrected chi connectivity index (χ2v) is 4.27. The number of aromatic nitrogens is 2. The Kier molecular flexibility index (Phi) is 3.08. The summed E-state index contributed by atoms with van der Waals surface area (Å²) < 4.78 is 0. The smallest absolute Gasteiger partial charge is 0.150 e. The molecule has 1 aliphatic carbocycles. The number of halogens is 1. The number of aromatic amines is 1. The van der Waals surface area contributed by atoms with Crippen LogP contribution >= 0.6 is 11.6 Å². The second kappa shape index (κ2) is 4.32. The fourth-order valence-electron chi connectivity index (χ4n) is 2.15. The molecule has 0 aliphatic heterocycles. The van der Waals surface area contributed by atoms with Gasteiger partial charge < -0.3 is 10.7 Å². The van der Waals surface area contributed by atoms with Crippen LogP contribution in [0.1, 0.15) is 43.1 Å². The summed E-state index contributed by atoms with van der Waals surface area (Å²) in [6.07, 6.45) is 5.89. The molecule has 0 unspecified atom stereocenters. The maximum absolute atomic E-state index is 6.08. The summed E-state index contributed by atoms with van der Waals surface area (Å²) in [6.45, 7) is 0.619.